The van der Waals surface area contributed by atoms with Crippen molar-refractivity contribution in [3.05, 3.63) is 36.2 Å². The normalized spacial score (nSPS) is 30.6. The van der Waals surface area contributed by atoms with Gasteiger partial charge >= 0.3 is 0 Å². The quantitative estimate of drug-likeness (QED) is 0.416. The van der Waals surface area contributed by atoms with Gasteiger partial charge in [0.15, 0.2) is 5.96 Å². The molecule has 0 aromatic heterocycles. The Balaban J connectivity index is 2.00. The van der Waals surface area contributed by atoms with Crippen LogP contribution in [0.1, 0.15) is 32.6 Å². The van der Waals surface area contributed by atoms with E-state index in [1.165, 1.54) is 12.8 Å². The van der Waals surface area contributed by atoms with Gasteiger partial charge < -0.3 is 21.1 Å². The van der Waals surface area contributed by atoms with Crippen molar-refractivity contribution in [2.75, 3.05) is 7.05 Å². The minimum atomic E-state index is -0.122. The lowest BCUT2D eigenvalue weighted by molar-refractivity contribution is 0.0611. The molecule has 0 aromatic carbocycles. The summed E-state index contributed by atoms with van der Waals surface area (Å²) in [5.41, 5.74) is 6.59. The standard InChI is InChI=1S/C16H26N4O/c1-3-5-12(19-16(17)18-2)6-4-9-20-13-7-8-14(20)11-15(21)10-13/h3-6,9,13-15,21H,7-8,10-11H2,1-2H3,(H3,17,18,19)/b5-3-,9-4+,12-6+. The van der Waals surface area contributed by atoms with Gasteiger partial charge in [0.1, 0.15) is 0 Å². The first-order valence-electron chi connectivity index (χ1n) is 7.60. The van der Waals surface area contributed by atoms with Gasteiger partial charge in [0.25, 0.3) is 0 Å². The van der Waals surface area contributed by atoms with E-state index in [1.807, 2.05) is 31.2 Å². The average molecular weight is 290 g/mol. The van der Waals surface area contributed by atoms with Crippen LogP contribution in [0.5, 0.6) is 0 Å². The molecule has 0 saturated carbocycles. The lowest BCUT2D eigenvalue weighted by atomic mass is 10.0. The molecule has 2 aliphatic heterocycles. The van der Waals surface area contributed by atoms with Crippen LogP contribution in [0.2, 0.25) is 0 Å². The Labute approximate surface area is 126 Å². The van der Waals surface area contributed by atoms with E-state index < -0.39 is 0 Å². The molecule has 0 aromatic rings. The van der Waals surface area contributed by atoms with E-state index >= 15 is 0 Å². The number of rotatable bonds is 4. The number of aliphatic imine (C=N–C) groups is 1. The third-order valence-corrected chi connectivity index (χ3v) is 4.16. The number of fused-ring (bicyclic) bond motifs is 2. The first-order valence-corrected chi connectivity index (χ1v) is 7.60. The van der Waals surface area contributed by atoms with E-state index in [-0.39, 0.29) is 6.10 Å². The number of hydrogen-bond acceptors (Lipinski definition) is 3. The minimum absolute atomic E-state index is 0.122. The Hall–Kier alpha value is -1.75. The van der Waals surface area contributed by atoms with Crippen molar-refractivity contribution < 1.29 is 5.11 Å². The molecule has 2 saturated heterocycles. The van der Waals surface area contributed by atoms with Crippen molar-refractivity contribution in [3.63, 3.8) is 0 Å². The smallest absolute Gasteiger partial charge is 0.192 e. The second-order valence-electron chi connectivity index (χ2n) is 5.65. The number of aliphatic hydroxyl groups excluding tert-OH is 1. The zero-order valence-corrected chi connectivity index (χ0v) is 12.9. The number of hydrogen-bond donors (Lipinski definition) is 3. The van der Waals surface area contributed by atoms with Gasteiger partial charge in [-0.05, 0) is 57.0 Å². The Morgan fingerprint density at radius 2 is 2.00 bits per heavy atom. The fraction of sp³-hybridized carbons (Fsp3) is 0.562. The highest BCUT2D eigenvalue weighted by Crippen LogP contribution is 2.35. The maximum absolute atomic E-state index is 9.81. The highest BCUT2D eigenvalue weighted by atomic mass is 16.3. The van der Waals surface area contributed by atoms with Gasteiger partial charge in [0, 0.05) is 24.8 Å². The SMILES string of the molecule is C\C=C/C(=C\C=C\N1C2CCC1CC(O)C2)NC(N)=NC. The number of nitrogens with two attached hydrogens (primary N) is 1. The molecule has 5 heteroatoms. The van der Waals surface area contributed by atoms with Gasteiger partial charge in [-0.3, -0.25) is 4.99 Å². The summed E-state index contributed by atoms with van der Waals surface area (Å²) >= 11 is 0. The summed E-state index contributed by atoms with van der Waals surface area (Å²) in [6.45, 7) is 1.96. The van der Waals surface area contributed by atoms with E-state index in [9.17, 15) is 5.11 Å². The second-order valence-corrected chi connectivity index (χ2v) is 5.65. The van der Waals surface area contributed by atoms with Crippen molar-refractivity contribution in [1.29, 1.82) is 0 Å². The third-order valence-electron chi connectivity index (χ3n) is 4.16. The second kappa shape index (κ2) is 7.31. The molecule has 2 atom stereocenters. The van der Waals surface area contributed by atoms with Crippen LogP contribution in [0.25, 0.3) is 0 Å². The molecule has 0 radical (unpaired) electrons. The summed E-state index contributed by atoms with van der Waals surface area (Å²) in [7, 11) is 1.65. The predicted molar refractivity (Wildman–Crippen MR) is 86.6 cm³/mol. The molecule has 2 fully saturated rings. The summed E-state index contributed by atoms with van der Waals surface area (Å²) in [5, 5.41) is 12.9. The van der Waals surface area contributed by atoms with Crippen molar-refractivity contribution in [2.45, 2.75) is 50.8 Å². The van der Waals surface area contributed by atoms with Crippen LogP contribution in [-0.2, 0) is 0 Å². The van der Waals surface area contributed by atoms with E-state index in [0.29, 0.717) is 18.0 Å². The maximum Gasteiger partial charge on any atom is 0.192 e. The topological polar surface area (TPSA) is 73.9 Å². The summed E-state index contributed by atoms with van der Waals surface area (Å²) < 4.78 is 0. The first kappa shape index (κ1) is 15.6. The highest BCUT2D eigenvalue weighted by Gasteiger charge is 2.38. The van der Waals surface area contributed by atoms with E-state index in [0.717, 1.165) is 18.5 Å². The summed E-state index contributed by atoms with van der Waals surface area (Å²) in [5.74, 6) is 0.397. The minimum Gasteiger partial charge on any atom is -0.393 e. The molecule has 116 valence electrons. The van der Waals surface area contributed by atoms with Gasteiger partial charge in [0.2, 0.25) is 0 Å². The van der Waals surface area contributed by atoms with Crippen LogP contribution in [0.4, 0.5) is 0 Å². The number of piperidine rings is 1. The molecule has 2 bridgehead atoms. The molecule has 2 heterocycles. The molecule has 2 rings (SSSR count). The van der Waals surface area contributed by atoms with Crippen LogP contribution in [-0.4, -0.2) is 41.2 Å². The number of guanidine groups is 1. The summed E-state index contributed by atoms with van der Waals surface area (Å²) in [6, 6.07) is 0.979. The Kier molecular flexibility index (Phi) is 5.44. The van der Waals surface area contributed by atoms with E-state index in [2.05, 4.69) is 21.4 Å². The molecular weight excluding hydrogens is 264 g/mol. The summed E-state index contributed by atoms with van der Waals surface area (Å²) in [4.78, 5) is 6.29. The highest BCUT2D eigenvalue weighted by molar-refractivity contribution is 5.80. The van der Waals surface area contributed by atoms with Crippen LogP contribution in [0.3, 0.4) is 0 Å². The molecule has 5 nitrogen and oxygen atoms in total. The van der Waals surface area contributed by atoms with Gasteiger partial charge in [-0.1, -0.05) is 6.08 Å². The van der Waals surface area contributed by atoms with Crippen LogP contribution >= 0.6 is 0 Å². The van der Waals surface area contributed by atoms with Crippen LogP contribution < -0.4 is 11.1 Å². The number of allylic oxidation sites excluding steroid dienone is 4. The largest absolute Gasteiger partial charge is 0.393 e. The van der Waals surface area contributed by atoms with Crippen molar-refractivity contribution in [3.8, 4) is 0 Å². The Bertz CT molecular complexity index is 453. The molecule has 21 heavy (non-hydrogen) atoms. The van der Waals surface area contributed by atoms with E-state index in [4.69, 9.17) is 5.73 Å². The van der Waals surface area contributed by atoms with Gasteiger partial charge in [0.05, 0.1) is 6.10 Å². The monoisotopic (exact) mass is 290 g/mol. The fourth-order valence-electron chi connectivity index (χ4n) is 3.20. The molecule has 0 amide bonds. The molecule has 2 aliphatic rings. The zero-order valence-electron chi connectivity index (χ0n) is 12.9. The first-order chi connectivity index (χ1) is 10.1. The number of nitrogens with zero attached hydrogens (tertiary/aromatic N) is 2. The zero-order chi connectivity index (χ0) is 15.2. The Morgan fingerprint density at radius 3 is 2.57 bits per heavy atom. The average Bonchev–Trinajstić information content (AvgIpc) is 2.69. The van der Waals surface area contributed by atoms with Crippen molar-refractivity contribution in [1.82, 2.24) is 10.2 Å². The number of aliphatic hydroxyl groups is 1. The van der Waals surface area contributed by atoms with Crippen LogP contribution in [0.15, 0.2) is 41.2 Å². The lowest BCUT2D eigenvalue weighted by Gasteiger charge is -2.36. The lowest BCUT2D eigenvalue weighted by Crippen LogP contribution is -2.41. The molecule has 2 unspecified atom stereocenters. The van der Waals surface area contributed by atoms with Gasteiger partial charge in [-0.2, -0.15) is 0 Å². The third kappa shape index (κ3) is 4.11. The van der Waals surface area contributed by atoms with Crippen molar-refractivity contribution in [2.24, 2.45) is 10.7 Å². The van der Waals surface area contributed by atoms with E-state index in [1.54, 1.807) is 7.05 Å². The molecule has 4 N–H and O–H groups in total. The summed E-state index contributed by atoms with van der Waals surface area (Å²) in [6.07, 6.45) is 14.1. The molecule has 0 spiro atoms. The predicted octanol–water partition coefficient (Wildman–Crippen LogP) is 1.48. The fourth-order valence-corrected chi connectivity index (χ4v) is 3.20. The molecule has 0 aliphatic carbocycles. The van der Waals surface area contributed by atoms with Crippen molar-refractivity contribution >= 4 is 5.96 Å². The maximum atomic E-state index is 9.81. The van der Waals surface area contributed by atoms with Crippen LogP contribution in [0, 0.1) is 0 Å². The number of nitrogens with one attached hydrogen (secondary N) is 1. The Morgan fingerprint density at radius 1 is 1.33 bits per heavy atom. The van der Waals surface area contributed by atoms with Gasteiger partial charge in [-0.15, -0.1) is 0 Å². The molecular formula is C16H26N4O. The van der Waals surface area contributed by atoms with Gasteiger partial charge in [-0.25, -0.2) is 0 Å².